The molecule has 0 atom stereocenters. The van der Waals surface area contributed by atoms with Gasteiger partial charge in [0.2, 0.25) is 0 Å². The molecule has 0 amide bonds. The Hall–Kier alpha value is -2.01. The van der Waals surface area contributed by atoms with Crippen molar-refractivity contribution in [1.82, 2.24) is 0 Å². The standard InChI is InChI=1S/C23H27NO3S/c1-27-22-5-3-2-4-21(22)24-28(25,26)20-8-6-19(7-9-20)23-13-16-10-17(14-23)12-18(11-16)15-23/h2-9,16-18,24H,10-15H2,1H3. The Kier molecular flexibility index (Phi) is 4.20. The molecule has 28 heavy (non-hydrogen) atoms. The first-order valence-electron chi connectivity index (χ1n) is 10.2. The predicted molar refractivity (Wildman–Crippen MR) is 110 cm³/mol. The average molecular weight is 398 g/mol. The van der Waals surface area contributed by atoms with E-state index in [2.05, 4.69) is 16.9 Å². The first kappa shape index (κ1) is 18.0. The van der Waals surface area contributed by atoms with Gasteiger partial charge < -0.3 is 4.74 Å². The third kappa shape index (κ3) is 3.00. The molecule has 6 rings (SSSR count). The summed E-state index contributed by atoms with van der Waals surface area (Å²) in [6.45, 7) is 0. The van der Waals surface area contributed by atoms with Gasteiger partial charge in [0.15, 0.2) is 0 Å². The van der Waals surface area contributed by atoms with Gasteiger partial charge in [0.1, 0.15) is 5.75 Å². The molecule has 2 aromatic carbocycles. The Morgan fingerprint density at radius 2 is 1.46 bits per heavy atom. The fourth-order valence-corrected chi connectivity index (χ4v) is 7.45. The van der Waals surface area contributed by atoms with E-state index in [1.807, 2.05) is 6.07 Å². The van der Waals surface area contributed by atoms with Gasteiger partial charge in [-0.3, -0.25) is 4.72 Å². The van der Waals surface area contributed by atoms with Gasteiger partial charge >= 0.3 is 0 Å². The van der Waals surface area contributed by atoms with Gasteiger partial charge in [-0.15, -0.1) is 0 Å². The molecular formula is C23H27NO3S. The number of para-hydroxylation sites is 2. The molecule has 148 valence electrons. The second-order valence-electron chi connectivity index (χ2n) is 9.03. The van der Waals surface area contributed by atoms with E-state index in [0.717, 1.165) is 17.8 Å². The topological polar surface area (TPSA) is 55.4 Å². The normalized spacial score (nSPS) is 31.0. The molecule has 4 aliphatic rings. The number of anilines is 1. The zero-order valence-corrected chi connectivity index (χ0v) is 17.0. The average Bonchev–Trinajstić information content (AvgIpc) is 2.67. The van der Waals surface area contributed by atoms with Crippen LogP contribution >= 0.6 is 0 Å². The molecule has 0 spiro atoms. The number of benzene rings is 2. The van der Waals surface area contributed by atoms with Crippen molar-refractivity contribution in [3.05, 3.63) is 54.1 Å². The minimum Gasteiger partial charge on any atom is -0.495 e. The number of hydrogen-bond donors (Lipinski definition) is 1. The van der Waals surface area contributed by atoms with Crippen LogP contribution in [0.4, 0.5) is 5.69 Å². The Bertz CT molecular complexity index is 946. The highest BCUT2D eigenvalue weighted by atomic mass is 32.2. The molecule has 0 saturated heterocycles. The van der Waals surface area contributed by atoms with Gasteiger partial charge in [0.25, 0.3) is 10.0 Å². The first-order chi connectivity index (χ1) is 13.5. The first-order valence-corrected chi connectivity index (χ1v) is 11.7. The maximum Gasteiger partial charge on any atom is 0.262 e. The lowest BCUT2D eigenvalue weighted by atomic mass is 9.48. The van der Waals surface area contributed by atoms with Crippen LogP contribution in [0.3, 0.4) is 0 Å². The van der Waals surface area contributed by atoms with Crippen LogP contribution in [0.1, 0.15) is 44.1 Å². The summed E-state index contributed by atoms with van der Waals surface area (Å²) in [5.41, 5.74) is 2.07. The summed E-state index contributed by atoms with van der Waals surface area (Å²) in [6.07, 6.45) is 8.08. The Labute approximate surface area is 167 Å². The number of rotatable bonds is 5. The summed E-state index contributed by atoms with van der Waals surface area (Å²) in [6, 6.07) is 14.7. The summed E-state index contributed by atoms with van der Waals surface area (Å²) < 4.78 is 33.6. The molecule has 0 unspecified atom stereocenters. The van der Waals surface area contributed by atoms with E-state index < -0.39 is 10.0 Å². The summed E-state index contributed by atoms with van der Waals surface area (Å²) >= 11 is 0. The summed E-state index contributed by atoms with van der Waals surface area (Å²) in [5, 5.41) is 0. The Morgan fingerprint density at radius 1 is 0.893 bits per heavy atom. The smallest absolute Gasteiger partial charge is 0.262 e. The van der Waals surface area contributed by atoms with Crippen LogP contribution in [0.5, 0.6) is 5.75 Å². The van der Waals surface area contributed by atoms with Crippen molar-refractivity contribution in [1.29, 1.82) is 0 Å². The zero-order chi connectivity index (χ0) is 19.4. The van der Waals surface area contributed by atoms with Crippen LogP contribution in [0.2, 0.25) is 0 Å². The third-order valence-electron chi connectivity index (χ3n) is 7.17. The van der Waals surface area contributed by atoms with Crippen molar-refractivity contribution in [2.75, 3.05) is 11.8 Å². The van der Waals surface area contributed by atoms with E-state index >= 15 is 0 Å². The highest BCUT2D eigenvalue weighted by Gasteiger charge is 2.51. The molecule has 2 aromatic rings. The molecule has 4 saturated carbocycles. The van der Waals surface area contributed by atoms with E-state index in [4.69, 9.17) is 4.74 Å². The highest BCUT2D eigenvalue weighted by Crippen LogP contribution is 2.60. The summed E-state index contributed by atoms with van der Waals surface area (Å²) in [7, 11) is -2.11. The maximum absolute atomic E-state index is 12.9. The SMILES string of the molecule is COc1ccccc1NS(=O)(=O)c1ccc(C23CC4CC(CC(C4)C2)C3)cc1. The second kappa shape index (κ2) is 6.51. The molecule has 0 radical (unpaired) electrons. The van der Waals surface area contributed by atoms with Gasteiger partial charge in [-0.25, -0.2) is 8.42 Å². The third-order valence-corrected chi connectivity index (χ3v) is 8.55. The van der Waals surface area contributed by atoms with Crippen molar-refractivity contribution in [2.24, 2.45) is 17.8 Å². The molecule has 4 aliphatic carbocycles. The monoisotopic (exact) mass is 397 g/mol. The number of hydrogen-bond acceptors (Lipinski definition) is 3. The van der Waals surface area contributed by atoms with Crippen LogP contribution in [0.15, 0.2) is 53.4 Å². The molecule has 4 bridgehead atoms. The van der Waals surface area contributed by atoms with Crippen molar-refractivity contribution >= 4 is 15.7 Å². The van der Waals surface area contributed by atoms with Gasteiger partial charge in [-0.2, -0.15) is 0 Å². The Balaban J connectivity index is 1.41. The predicted octanol–water partition coefficient (Wildman–Crippen LogP) is 4.96. The minimum absolute atomic E-state index is 0.285. The van der Waals surface area contributed by atoms with Gasteiger partial charge in [0.05, 0.1) is 17.7 Å². The van der Waals surface area contributed by atoms with Crippen molar-refractivity contribution in [3.8, 4) is 5.75 Å². The van der Waals surface area contributed by atoms with E-state index in [9.17, 15) is 8.42 Å². The second-order valence-corrected chi connectivity index (χ2v) is 10.7. The van der Waals surface area contributed by atoms with Crippen LogP contribution < -0.4 is 9.46 Å². The van der Waals surface area contributed by atoms with Crippen molar-refractivity contribution < 1.29 is 13.2 Å². The van der Waals surface area contributed by atoms with Gasteiger partial charge in [0, 0.05) is 0 Å². The summed E-state index contributed by atoms with van der Waals surface area (Å²) in [5.74, 6) is 3.14. The molecular weight excluding hydrogens is 370 g/mol. The Morgan fingerprint density at radius 3 is 2.04 bits per heavy atom. The molecule has 0 aromatic heterocycles. The molecule has 0 aliphatic heterocycles. The van der Waals surface area contributed by atoms with Gasteiger partial charge in [-0.1, -0.05) is 24.3 Å². The number of nitrogens with one attached hydrogen (secondary N) is 1. The molecule has 5 heteroatoms. The highest BCUT2D eigenvalue weighted by molar-refractivity contribution is 7.92. The number of methoxy groups -OCH3 is 1. The lowest BCUT2D eigenvalue weighted by Crippen LogP contribution is -2.48. The van der Waals surface area contributed by atoms with E-state index in [1.165, 1.54) is 51.2 Å². The number of sulfonamides is 1. The van der Waals surface area contributed by atoms with Crippen molar-refractivity contribution in [3.63, 3.8) is 0 Å². The van der Waals surface area contributed by atoms with E-state index in [-0.39, 0.29) is 5.41 Å². The fraction of sp³-hybridized carbons (Fsp3) is 0.478. The largest absolute Gasteiger partial charge is 0.495 e. The van der Waals surface area contributed by atoms with E-state index in [0.29, 0.717) is 16.3 Å². The lowest BCUT2D eigenvalue weighted by Gasteiger charge is -2.57. The quantitative estimate of drug-likeness (QED) is 0.775. The maximum atomic E-state index is 12.9. The number of ether oxygens (including phenoxy) is 1. The van der Waals surface area contributed by atoms with E-state index in [1.54, 1.807) is 30.3 Å². The molecule has 0 heterocycles. The van der Waals surface area contributed by atoms with Crippen LogP contribution in [-0.4, -0.2) is 15.5 Å². The van der Waals surface area contributed by atoms with Crippen LogP contribution in [0.25, 0.3) is 0 Å². The molecule has 4 nitrogen and oxygen atoms in total. The minimum atomic E-state index is -3.65. The zero-order valence-electron chi connectivity index (χ0n) is 16.2. The van der Waals surface area contributed by atoms with Crippen molar-refractivity contribution in [2.45, 2.75) is 48.8 Å². The van der Waals surface area contributed by atoms with Crippen LogP contribution in [-0.2, 0) is 15.4 Å². The summed E-state index contributed by atoms with van der Waals surface area (Å²) in [4.78, 5) is 0.298. The van der Waals surface area contributed by atoms with Crippen LogP contribution in [0, 0.1) is 17.8 Å². The lowest BCUT2D eigenvalue weighted by molar-refractivity contribution is -0.00521. The molecule has 4 fully saturated rings. The molecule has 1 N–H and O–H groups in total. The van der Waals surface area contributed by atoms with Gasteiger partial charge in [-0.05, 0) is 91.5 Å². The fourth-order valence-electron chi connectivity index (χ4n) is 6.38.